The van der Waals surface area contributed by atoms with E-state index in [0.717, 1.165) is 11.1 Å². The Morgan fingerprint density at radius 2 is 1.14 bits per heavy atom. The van der Waals surface area contributed by atoms with E-state index in [9.17, 15) is 14.2 Å². The minimum absolute atomic E-state index is 0.0114. The molecular weight excluding hydrogens is 379 g/mol. The summed E-state index contributed by atoms with van der Waals surface area (Å²) in [5.41, 5.74) is 1.68. The Kier molecular flexibility index (Phi) is 8.88. The molecule has 2 amide bonds. The van der Waals surface area contributed by atoms with E-state index in [1.165, 1.54) is 13.8 Å². The lowest BCUT2D eigenvalue weighted by Crippen LogP contribution is -2.29. The lowest BCUT2D eigenvalue weighted by Gasteiger charge is -2.20. The number of hydrogen-bond donors (Lipinski definition) is 2. The Morgan fingerprint density at radius 3 is 1.46 bits per heavy atom. The molecule has 7 nitrogen and oxygen atoms in total. The van der Waals surface area contributed by atoms with Crippen LogP contribution in [-0.2, 0) is 23.2 Å². The van der Waals surface area contributed by atoms with Crippen molar-refractivity contribution in [2.24, 2.45) is 0 Å². The second-order valence-electron chi connectivity index (χ2n) is 6.20. The van der Waals surface area contributed by atoms with Gasteiger partial charge in [-0.15, -0.1) is 0 Å². The molecule has 28 heavy (non-hydrogen) atoms. The Balaban J connectivity index is 1.92. The maximum atomic E-state index is 12.2. The summed E-state index contributed by atoms with van der Waals surface area (Å²) < 4.78 is 22.9. The molecule has 0 heterocycles. The number of nitrogens with one attached hydrogen (secondary N) is 2. The Bertz CT molecular complexity index is 720. The monoisotopic (exact) mass is 404 g/mol. The van der Waals surface area contributed by atoms with E-state index in [1.807, 2.05) is 60.7 Å². The fraction of sp³-hybridized carbons (Fsp3) is 0.300. The zero-order valence-corrected chi connectivity index (χ0v) is 16.9. The fourth-order valence-electron chi connectivity index (χ4n) is 2.65. The van der Waals surface area contributed by atoms with Crippen molar-refractivity contribution in [3.05, 3.63) is 71.8 Å². The zero-order chi connectivity index (χ0) is 20.4. The predicted molar refractivity (Wildman–Crippen MR) is 107 cm³/mol. The van der Waals surface area contributed by atoms with Crippen LogP contribution in [-0.4, -0.2) is 25.0 Å². The fourth-order valence-corrected chi connectivity index (χ4v) is 3.34. The van der Waals surface area contributed by atoms with Crippen molar-refractivity contribution >= 4 is 20.1 Å². The van der Waals surface area contributed by atoms with Crippen molar-refractivity contribution in [3.8, 4) is 0 Å². The molecule has 8 heteroatoms. The summed E-state index contributed by atoms with van der Waals surface area (Å²) in [7, 11) is -2.82. The summed E-state index contributed by atoms with van der Waals surface area (Å²) in [6, 6.07) is 17.7. The standard InChI is InChI=1S/C20H25N2O5P/c1-15(23)21-19(17-9-5-3-6-10-17)13-26-28(25)27-14-20(22-16(2)24)18-11-7-4-8-12-18/h3-12,19-20,28H,13-14H2,1-2H3,(H,21,23)(H,22,24). The zero-order valence-electron chi connectivity index (χ0n) is 15.9. The van der Waals surface area contributed by atoms with Gasteiger partial charge in [0, 0.05) is 13.8 Å². The van der Waals surface area contributed by atoms with E-state index in [4.69, 9.17) is 9.05 Å². The molecule has 0 aromatic heterocycles. The van der Waals surface area contributed by atoms with Gasteiger partial charge in [0.25, 0.3) is 0 Å². The number of amides is 2. The van der Waals surface area contributed by atoms with Crippen LogP contribution in [0.5, 0.6) is 0 Å². The highest BCUT2D eigenvalue weighted by Gasteiger charge is 2.17. The first-order valence-electron chi connectivity index (χ1n) is 8.89. The highest BCUT2D eigenvalue weighted by Crippen LogP contribution is 2.28. The topological polar surface area (TPSA) is 93.7 Å². The molecule has 0 bridgehead atoms. The molecule has 0 aliphatic carbocycles. The summed E-state index contributed by atoms with van der Waals surface area (Å²) >= 11 is 0. The highest BCUT2D eigenvalue weighted by molar-refractivity contribution is 7.33. The van der Waals surface area contributed by atoms with E-state index < -0.39 is 20.3 Å². The van der Waals surface area contributed by atoms with Crippen molar-refractivity contribution in [1.29, 1.82) is 0 Å². The molecule has 0 aliphatic heterocycles. The molecule has 2 aromatic rings. The third kappa shape index (κ3) is 7.64. The molecule has 0 saturated heterocycles. The van der Waals surface area contributed by atoms with Crippen LogP contribution in [0, 0.1) is 0 Å². The second kappa shape index (κ2) is 11.4. The molecule has 2 N–H and O–H groups in total. The first kappa shape index (κ1) is 21.8. The Morgan fingerprint density at radius 1 is 0.786 bits per heavy atom. The van der Waals surface area contributed by atoms with Crippen LogP contribution in [0.3, 0.4) is 0 Å². The number of benzene rings is 2. The van der Waals surface area contributed by atoms with Gasteiger partial charge in [-0.1, -0.05) is 60.7 Å². The van der Waals surface area contributed by atoms with Gasteiger partial charge < -0.3 is 19.7 Å². The molecule has 150 valence electrons. The summed E-state index contributed by atoms with van der Waals surface area (Å²) in [4.78, 5) is 22.9. The van der Waals surface area contributed by atoms with E-state index in [1.54, 1.807) is 0 Å². The van der Waals surface area contributed by atoms with Crippen molar-refractivity contribution in [2.75, 3.05) is 13.2 Å². The van der Waals surface area contributed by atoms with Gasteiger partial charge in [-0.2, -0.15) is 0 Å². The normalized spacial score (nSPS) is 13.9. The van der Waals surface area contributed by atoms with Crippen LogP contribution < -0.4 is 10.6 Å². The van der Waals surface area contributed by atoms with Gasteiger partial charge in [0.2, 0.25) is 11.8 Å². The third-order valence-corrected chi connectivity index (χ3v) is 4.70. The van der Waals surface area contributed by atoms with E-state index in [-0.39, 0.29) is 25.0 Å². The minimum Gasteiger partial charge on any atom is -0.347 e. The first-order valence-corrected chi connectivity index (χ1v) is 10.1. The van der Waals surface area contributed by atoms with Crippen LogP contribution in [0.15, 0.2) is 60.7 Å². The van der Waals surface area contributed by atoms with Crippen LogP contribution >= 0.6 is 8.25 Å². The lowest BCUT2D eigenvalue weighted by molar-refractivity contribution is -0.120. The van der Waals surface area contributed by atoms with E-state index >= 15 is 0 Å². The first-order chi connectivity index (χ1) is 13.5. The number of carbonyl (C=O) groups is 2. The van der Waals surface area contributed by atoms with Crippen LogP contribution in [0.25, 0.3) is 0 Å². The maximum absolute atomic E-state index is 12.2. The van der Waals surface area contributed by atoms with E-state index in [0.29, 0.717) is 0 Å². The van der Waals surface area contributed by atoms with Crippen LogP contribution in [0.2, 0.25) is 0 Å². The maximum Gasteiger partial charge on any atom is 0.319 e. The predicted octanol–water partition coefficient (Wildman–Crippen LogP) is 3.16. The molecule has 2 aromatic carbocycles. The van der Waals surface area contributed by atoms with Gasteiger partial charge >= 0.3 is 8.25 Å². The Labute approximate surface area is 165 Å². The minimum atomic E-state index is -2.82. The lowest BCUT2D eigenvalue weighted by atomic mass is 10.1. The molecule has 2 rings (SSSR count). The summed E-state index contributed by atoms with van der Waals surface area (Å²) in [6.07, 6.45) is 0. The summed E-state index contributed by atoms with van der Waals surface area (Å²) in [5, 5.41) is 5.54. The van der Waals surface area contributed by atoms with Gasteiger partial charge in [-0.3, -0.25) is 14.2 Å². The number of carbonyl (C=O) groups excluding carboxylic acids is 2. The number of rotatable bonds is 10. The molecule has 0 saturated carbocycles. The molecule has 0 fully saturated rings. The van der Waals surface area contributed by atoms with Gasteiger partial charge in [-0.05, 0) is 11.1 Å². The van der Waals surface area contributed by atoms with Crippen molar-refractivity contribution in [2.45, 2.75) is 25.9 Å². The highest BCUT2D eigenvalue weighted by atomic mass is 31.1. The molecule has 0 radical (unpaired) electrons. The SMILES string of the molecule is CC(=O)NC(CO[PH](=O)OCC(NC(C)=O)c1ccccc1)c1ccccc1. The van der Waals surface area contributed by atoms with Crippen LogP contribution in [0.4, 0.5) is 0 Å². The van der Waals surface area contributed by atoms with Crippen molar-refractivity contribution in [3.63, 3.8) is 0 Å². The largest absolute Gasteiger partial charge is 0.347 e. The van der Waals surface area contributed by atoms with Gasteiger partial charge in [-0.25, -0.2) is 0 Å². The second-order valence-corrected chi connectivity index (χ2v) is 7.28. The molecule has 2 unspecified atom stereocenters. The molecule has 0 aliphatic rings. The summed E-state index contributed by atoms with van der Waals surface area (Å²) in [5.74, 6) is -0.430. The average Bonchev–Trinajstić information content (AvgIpc) is 2.69. The van der Waals surface area contributed by atoms with Gasteiger partial charge in [0.05, 0.1) is 25.3 Å². The summed E-state index contributed by atoms with van der Waals surface area (Å²) in [6.45, 7) is 2.84. The average molecular weight is 404 g/mol. The third-order valence-electron chi connectivity index (χ3n) is 3.89. The Hall–Kier alpha value is -2.47. The number of hydrogen-bond acceptors (Lipinski definition) is 5. The van der Waals surface area contributed by atoms with Crippen molar-refractivity contribution < 1.29 is 23.2 Å². The smallest absolute Gasteiger partial charge is 0.319 e. The molecule has 0 spiro atoms. The van der Waals surface area contributed by atoms with Crippen molar-refractivity contribution in [1.82, 2.24) is 10.6 Å². The van der Waals surface area contributed by atoms with E-state index in [2.05, 4.69) is 10.6 Å². The molecular formula is C20H25N2O5P. The van der Waals surface area contributed by atoms with Gasteiger partial charge in [0.1, 0.15) is 0 Å². The molecule has 2 atom stereocenters. The van der Waals surface area contributed by atoms with Gasteiger partial charge in [0.15, 0.2) is 0 Å². The quantitative estimate of drug-likeness (QED) is 0.594. The van der Waals surface area contributed by atoms with Crippen LogP contribution in [0.1, 0.15) is 37.1 Å².